The summed E-state index contributed by atoms with van der Waals surface area (Å²) in [5.41, 5.74) is 1.95. The smallest absolute Gasteiger partial charge is 0.178 e. The van der Waals surface area contributed by atoms with Gasteiger partial charge >= 0.3 is 0 Å². The lowest BCUT2D eigenvalue weighted by atomic mass is 10.1. The van der Waals surface area contributed by atoms with Gasteiger partial charge in [0.25, 0.3) is 0 Å². The molecule has 0 amide bonds. The molecule has 0 aliphatic carbocycles. The number of pyridine rings is 1. The van der Waals surface area contributed by atoms with Gasteiger partial charge < -0.3 is 0 Å². The highest BCUT2D eigenvalue weighted by Gasteiger charge is 2.11. The van der Waals surface area contributed by atoms with Crippen LogP contribution in [0.3, 0.4) is 0 Å². The van der Waals surface area contributed by atoms with Gasteiger partial charge in [-0.05, 0) is 37.6 Å². The quantitative estimate of drug-likeness (QED) is 0.759. The zero-order valence-electron chi connectivity index (χ0n) is 9.36. The van der Waals surface area contributed by atoms with Crippen molar-refractivity contribution in [2.75, 3.05) is 0 Å². The van der Waals surface area contributed by atoms with Crippen LogP contribution in [-0.4, -0.2) is 10.8 Å². The molecular formula is C13H13NOS. The van der Waals surface area contributed by atoms with Gasteiger partial charge in [-0.3, -0.25) is 9.78 Å². The monoisotopic (exact) mass is 231 g/mol. The second-order valence-corrected chi connectivity index (χ2v) is 5.07. The summed E-state index contributed by atoms with van der Waals surface area (Å²) >= 11 is 1.54. The Morgan fingerprint density at radius 2 is 2.12 bits per heavy atom. The highest BCUT2D eigenvalue weighted by Crippen LogP contribution is 2.17. The highest BCUT2D eigenvalue weighted by molar-refractivity contribution is 7.14. The lowest BCUT2D eigenvalue weighted by Crippen LogP contribution is -2.04. The number of hydrogen-bond acceptors (Lipinski definition) is 3. The van der Waals surface area contributed by atoms with Crippen molar-refractivity contribution in [2.45, 2.75) is 20.3 Å². The first-order valence-corrected chi connectivity index (χ1v) is 5.98. The van der Waals surface area contributed by atoms with Crippen molar-refractivity contribution in [2.24, 2.45) is 0 Å². The summed E-state index contributed by atoms with van der Waals surface area (Å²) in [6, 6.07) is 7.73. The van der Waals surface area contributed by atoms with Gasteiger partial charge in [-0.2, -0.15) is 0 Å². The van der Waals surface area contributed by atoms with E-state index in [0.717, 1.165) is 16.1 Å². The molecule has 0 spiro atoms. The van der Waals surface area contributed by atoms with Crippen LogP contribution in [0.5, 0.6) is 0 Å². The van der Waals surface area contributed by atoms with Crippen LogP contribution in [0.15, 0.2) is 30.5 Å². The molecule has 3 heteroatoms. The van der Waals surface area contributed by atoms with Gasteiger partial charge in [0.15, 0.2) is 5.78 Å². The fourth-order valence-electron chi connectivity index (χ4n) is 1.53. The number of rotatable bonds is 3. The Morgan fingerprint density at radius 3 is 2.75 bits per heavy atom. The number of thiophene rings is 1. The Labute approximate surface area is 99.0 Å². The molecule has 2 rings (SSSR count). The Bertz CT molecular complexity index is 516. The van der Waals surface area contributed by atoms with Crippen molar-refractivity contribution in [3.63, 3.8) is 0 Å². The van der Waals surface area contributed by atoms with Gasteiger partial charge in [0.1, 0.15) is 0 Å². The molecule has 0 aliphatic rings. The SMILES string of the molecule is Cc1ccc(C(=O)Cc2ncccc2C)s1. The van der Waals surface area contributed by atoms with E-state index in [-0.39, 0.29) is 5.78 Å². The van der Waals surface area contributed by atoms with E-state index in [4.69, 9.17) is 0 Å². The predicted molar refractivity (Wildman–Crippen MR) is 66.1 cm³/mol. The lowest BCUT2D eigenvalue weighted by Gasteiger charge is -2.01. The number of carbonyl (C=O) groups is 1. The molecule has 82 valence electrons. The normalized spacial score (nSPS) is 10.4. The van der Waals surface area contributed by atoms with Crippen LogP contribution in [0.4, 0.5) is 0 Å². The first kappa shape index (κ1) is 11.0. The molecule has 0 aromatic carbocycles. The second kappa shape index (κ2) is 4.58. The Kier molecular flexibility index (Phi) is 3.15. The predicted octanol–water partition coefficient (Wildman–Crippen LogP) is 3.19. The summed E-state index contributed by atoms with van der Waals surface area (Å²) in [6.07, 6.45) is 2.13. The number of carbonyl (C=O) groups excluding carboxylic acids is 1. The van der Waals surface area contributed by atoms with E-state index in [1.54, 1.807) is 17.5 Å². The molecule has 0 aliphatic heterocycles. The molecule has 2 aromatic rings. The largest absolute Gasteiger partial charge is 0.293 e. The van der Waals surface area contributed by atoms with Gasteiger partial charge in [-0.15, -0.1) is 11.3 Å². The van der Waals surface area contributed by atoms with Crippen molar-refractivity contribution in [1.29, 1.82) is 0 Å². The highest BCUT2D eigenvalue weighted by atomic mass is 32.1. The molecule has 0 saturated heterocycles. The summed E-state index contributed by atoms with van der Waals surface area (Å²) < 4.78 is 0. The summed E-state index contributed by atoms with van der Waals surface area (Å²) in [5, 5.41) is 0. The van der Waals surface area contributed by atoms with E-state index in [1.165, 1.54) is 4.88 Å². The van der Waals surface area contributed by atoms with Crippen LogP contribution in [0, 0.1) is 13.8 Å². The van der Waals surface area contributed by atoms with Gasteiger partial charge in [-0.25, -0.2) is 0 Å². The summed E-state index contributed by atoms with van der Waals surface area (Å²) in [6.45, 7) is 3.99. The number of ketones is 1. The molecule has 2 heterocycles. The number of aryl methyl sites for hydroxylation is 2. The first-order valence-electron chi connectivity index (χ1n) is 5.17. The first-order chi connectivity index (χ1) is 7.66. The lowest BCUT2D eigenvalue weighted by molar-refractivity contribution is 0.0995. The van der Waals surface area contributed by atoms with Crippen LogP contribution >= 0.6 is 11.3 Å². The van der Waals surface area contributed by atoms with Crippen LogP contribution in [0.25, 0.3) is 0 Å². The molecule has 2 nitrogen and oxygen atoms in total. The molecule has 0 bridgehead atoms. The Hall–Kier alpha value is -1.48. The maximum Gasteiger partial charge on any atom is 0.178 e. The number of Topliss-reactive ketones (excluding diaryl/α,β-unsaturated/α-hetero) is 1. The third kappa shape index (κ3) is 2.36. The Balaban J connectivity index is 2.17. The minimum atomic E-state index is 0.153. The fraction of sp³-hybridized carbons (Fsp3) is 0.231. The number of aromatic nitrogens is 1. The molecular weight excluding hydrogens is 218 g/mol. The molecule has 16 heavy (non-hydrogen) atoms. The number of nitrogens with zero attached hydrogens (tertiary/aromatic N) is 1. The fourth-order valence-corrected chi connectivity index (χ4v) is 2.33. The summed E-state index contributed by atoms with van der Waals surface area (Å²) in [7, 11) is 0. The van der Waals surface area contributed by atoms with Crippen molar-refractivity contribution in [1.82, 2.24) is 4.98 Å². The van der Waals surface area contributed by atoms with E-state index in [0.29, 0.717) is 6.42 Å². The molecule has 2 aromatic heterocycles. The molecule has 0 N–H and O–H groups in total. The maximum absolute atomic E-state index is 12.0. The van der Waals surface area contributed by atoms with Gasteiger partial charge in [0, 0.05) is 11.1 Å². The average molecular weight is 231 g/mol. The molecule has 0 radical (unpaired) electrons. The minimum Gasteiger partial charge on any atom is -0.293 e. The maximum atomic E-state index is 12.0. The Morgan fingerprint density at radius 1 is 1.31 bits per heavy atom. The minimum absolute atomic E-state index is 0.153. The summed E-state index contributed by atoms with van der Waals surface area (Å²) in [5.74, 6) is 0.153. The number of hydrogen-bond donors (Lipinski definition) is 0. The summed E-state index contributed by atoms with van der Waals surface area (Å²) in [4.78, 5) is 18.2. The molecule has 0 unspecified atom stereocenters. The van der Waals surface area contributed by atoms with Crippen LogP contribution in [0.1, 0.15) is 25.8 Å². The van der Waals surface area contributed by atoms with Crippen LogP contribution in [0.2, 0.25) is 0 Å². The topological polar surface area (TPSA) is 30.0 Å². The van der Waals surface area contributed by atoms with Gasteiger partial charge in [0.05, 0.1) is 17.0 Å². The molecule has 0 fully saturated rings. The van der Waals surface area contributed by atoms with Gasteiger partial charge in [0.2, 0.25) is 0 Å². The van der Waals surface area contributed by atoms with Crippen molar-refractivity contribution < 1.29 is 4.79 Å². The van der Waals surface area contributed by atoms with Crippen LogP contribution in [-0.2, 0) is 6.42 Å². The molecule has 0 atom stereocenters. The zero-order chi connectivity index (χ0) is 11.5. The van der Waals surface area contributed by atoms with E-state index in [1.807, 2.05) is 38.1 Å². The third-order valence-corrected chi connectivity index (χ3v) is 3.50. The molecule has 0 saturated carbocycles. The van der Waals surface area contributed by atoms with Crippen LogP contribution < -0.4 is 0 Å². The van der Waals surface area contributed by atoms with E-state index in [9.17, 15) is 4.79 Å². The average Bonchev–Trinajstić information content (AvgIpc) is 2.68. The third-order valence-electron chi connectivity index (χ3n) is 2.46. The zero-order valence-corrected chi connectivity index (χ0v) is 10.2. The van der Waals surface area contributed by atoms with Crippen molar-refractivity contribution in [3.05, 3.63) is 51.5 Å². The van der Waals surface area contributed by atoms with Crippen molar-refractivity contribution in [3.8, 4) is 0 Å². The standard InChI is InChI=1S/C13H13NOS/c1-9-4-3-7-14-11(9)8-12(15)13-6-5-10(2)16-13/h3-7H,8H2,1-2H3. The van der Waals surface area contributed by atoms with Crippen molar-refractivity contribution >= 4 is 17.1 Å². The second-order valence-electron chi connectivity index (χ2n) is 3.78. The van der Waals surface area contributed by atoms with E-state index in [2.05, 4.69) is 4.98 Å². The van der Waals surface area contributed by atoms with Gasteiger partial charge in [-0.1, -0.05) is 6.07 Å². The van der Waals surface area contributed by atoms with E-state index < -0.39 is 0 Å². The van der Waals surface area contributed by atoms with E-state index >= 15 is 0 Å².